The number of halogens is 1. The van der Waals surface area contributed by atoms with E-state index in [1.165, 1.54) is 19.2 Å². The number of carbonyl (C=O) groups is 1. The number of hydrogen-bond donors (Lipinski definition) is 2. The highest BCUT2D eigenvalue weighted by atomic mass is 19.1. The number of phenolic OH excluding ortho intramolecular Hbond substituents is 1. The summed E-state index contributed by atoms with van der Waals surface area (Å²) in [5.41, 5.74) is 2.37. The van der Waals surface area contributed by atoms with E-state index in [0.29, 0.717) is 41.3 Å². The Balaban J connectivity index is 1.47. The highest BCUT2D eigenvalue weighted by Gasteiger charge is 2.18. The van der Waals surface area contributed by atoms with Crippen LogP contribution in [0.3, 0.4) is 0 Å². The molecular weight excluding hydrogens is 461 g/mol. The minimum Gasteiger partial charge on any atom is -0.504 e. The van der Waals surface area contributed by atoms with Gasteiger partial charge in [0.1, 0.15) is 17.2 Å². The molecule has 0 fully saturated rings. The molecule has 0 saturated heterocycles. The summed E-state index contributed by atoms with van der Waals surface area (Å²) < 4.78 is 31.0. The Bertz CT molecular complexity index is 1370. The van der Waals surface area contributed by atoms with Gasteiger partial charge in [0.05, 0.1) is 26.4 Å². The fourth-order valence-electron chi connectivity index (χ4n) is 3.79. The number of para-hydroxylation sites is 1. The van der Waals surface area contributed by atoms with Gasteiger partial charge in [-0.3, -0.25) is 4.79 Å². The zero-order valence-electron chi connectivity index (χ0n) is 20.0. The minimum absolute atomic E-state index is 0.185. The van der Waals surface area contributed by atoms with Crippen molar-refractivity contribution in [2.45, 2.75) is 6.42 Å². The van der Waals surface area contributed by atoms with Gasteiger partial charge in [0.2, 0.25) is 0 Å². The number of ether oxygens (including phenoxy) is 3. The average molecular weight is 488 g/mol. The molecule has 4 aromatic rings. The van der Waals surface area contributed by atoms with Gasteiger partial charge in [-0.2, -0.15) is 0 Å². The fraction of sp³-hybridized carbons (Fsp3) is 0.138. The highest BCUT2D eigenvalue weighted by molar-refractivity contribution is 6.07. The molecular formula is C29H26FNO5. The van der Waals surface area contributed by atoms with Crippen LogP contribution in [0.2, 0.25) is 0 Å². The topological polar surface area (TPSA) is 77.0 Å². The van der Waals surface area contributed by atoms with Crippen LogP contribution in [0, 0.1) is 5.82 Å². The summed E-state index contributed by atoms with van der Waals surface area (Å²) >= 11 is 0. The zero-order chi connectivity index (χ0) is 25.5. The number of nitrogens with one attached hydrogen (secondary N) is 1. The standard InChI is InChI=1S/C29H26FNO5/c1-34-23-10-5-8-20(15-23)21-16-25(28(32)26(30)17-21)29(33)31-22-9-6-11-24(18-22)36-14-13-19-7-3-4-12-27(19)35-2/h3-12,15-18,32H,13-14H2,1-2H3,(H,31,33). The van der Waals surface area contributed by atoms with Crippen LogP contribution in [0.4, 0.5) is 10.1 Å². The van der Waals surface area contributed by atoms with E-state index < -0.39 is 17.5 Å². The van der Waals surface area contributed by atoms with Crippen LogP contribution in [0.1, 0.15) is 15.9 Å². The first-order chi connectivity index (χ1) is 17.5. The van der Waals surface area contributed by atoms with Crippen LogP contribution in [0.5, 0.6) is 23.0 Å². The number of phenols is 1. The monoisotopic (exact) mass is 487 g/mol. The summed E-state index contributed by atoms with van der Waals surface area (Å²) in [7, 11) is 3.16. The molecule has 7 heteroatoms. The molecule has 0 bridgehead atoms. The van der Waals surface area contributed by atoms with Crippen LogP contribution in [0.15, 0.2) is 84.9 Å². The largest absolute Gasteiger partial charge is 0.504 e. The lowest BCUT2D eigenvalue weighted by atomic mass is 10.0. The molecule has 0 atom stereocenters. The molecule has 0 aliphatic rings. The van der Waals surface area contributed by atoms with E-state index in [0.717, 1.165) is 11.3 Å². The predicted octanol–water partition coefficient (Wildman–Crippen LogP) is 6.09. The Morgan fingerprint density at radius 3 is 2.44 bits per heavy atom. The number of amides is 1. The second-order valence-corrected chi connectivity index (χ2v) is 7.98. The number of hydrogen-bond acceptors (Lipinski definition) is 5. The normalized spacial score (nSPS) is 10.5. The third-order valence-electron chi connectivity index (χ3n) is 5.64. The number of methoxy groups -OCH3 is 2. The number of carbonyl (C=O) groups excluding carboxylic acids is 1. The molecule has 0 radical (unpaired) electrons. The molecule has 0 aliphatic carbocycles. The van der Waals surface area contributed by atoms with Crippen molar-refractivity contribution < 1.29 is 28.5 Å². The number of anilines is 1. The van der Waals surface area contributed by atoms with E-state index in [2.05, 4.69) is 5.32 Å². The van der Waals surface area contributed by atoms with Crippen molar-refractivity contribution in [3.63, 3.8) is 0 Å². The van der Waals surface area contributed by atoms with Crippen molar-refractivity contribution in [2.24, 2.45) is 0 Å². The van der Waals surface area contributed by atoms with Crippen LogP contribution in [0.25, 0.3) is 11.1 Å². The van der Waals surface area contributed by atoms with Gasteiger partial charge in [-0.25, -0.2) is 4.39 Å². The lowest BCUT2D eigenvalue weighted by Crippen LogP contribution is -2.13. The van der Waals surface area contributed by atoms with Crippen molar-refractivity contribution >= 4 is 11.6 Å². The molecule has 184 valence electrons. The molecule has 0 aliphatic heterocycles. The molecule has 2 N–H and O–H groups in total. The first kappa shape index (κ1) is 24.6. The van der Waals surface area contributed by atoms with Gasteiger partial charge < -0.3 is 24.6 Å². The molecule has 0 heterocycles. The van der Waals surface area contributed by atoms with E-state index in [4.69, 9.17) is 14.2 Å². The summed E-state index contributed by atoms with van der Waals surface area (Å²) in [4.78, 5) is 13.0. The Kier molecular flexibility index (Phi) is 7.70. The summed E-state index contributed by atoms with van der Waals surface area (Å²) in [6, 6.07) is 24.2. The van der Waals surface area contributed by atoms with E-state index >= 15 is 0 Å². The Labute approximate surface area is 208 Å². The first-order valence-electron chi connectivity index (χ1n) is 11.3. The second-order valence-electron chi connectivity index (χ2n) is 7.98. The van der Waals surface area contributed by atoms with E-state index in [-0.39, 0.29) is 5.56 Å². The summed E-state index contributed by atoms with van der Waals surface area (Å²) in [5.74, 6) is -0.317. The molecule has 0 spiro atoms. The van der Waals surface area contributed by atoms with Gasteiger partial charge in [0, 0.05) is 18.2 Å². The lowest BCUT2D eigenvalue weighted by molar-refractivity contribution is 0.102. The molecule has 6 nitrogen and oxygen atoms in total. The summed E-state index contributed by atoms with van der Waals surface area (Å²) in [5, 5.41) is 12.9. The Hall–Kier alpha value is -4.52. The quantitative estimate of drug-likeness (QED) is 0.299. The predicted molar refractivity (Wildman–Crippen MR) is 137 cm³/mol. The summed E-state index contributed by atoms with van der Waals surface area (Å²) in [6.45, 7) is 0.409. The van der Waals surface area contributed by atoms with Crippen LogP contribution in [-0.2, 0) is 6.42 Å². The third kappa shape index (κ3) is 5.75. The first-order valence-corrected chi connectivity index (χ1v) is 11.3. The van der Waals surface area contributed by atoms with Gasteiger partial charge >= 0.3 is 0 Å². The van der Waals surface area contributed by atoms with Crippen molar-refractivity contribution in [1.82, 2.24) is 0 Å². The van der Waals surface area contributed by atoms with Crippen LogP contribution in [-0.4, -0.2) is 31.8 Å². The van der Waals surface area contributed by atoms with Crippen molar-refractivity contribution in [3.8, 4) is 34.1 Å². The zero-order valence-corrected chi connectivity index (χ0v) is 20.0. The fourth-order valence-corrected chi connectivity index (χ4v) is 3.79. The Morgan fingerprint density at radius 1 is 0.861 bits per heavy atom. The Morgan fingerprint density at radius 2 is 1.64 bits per heavy atom. The van der Waals surface area contributed by atoms with Crippen LogP contribution >= 0.6 is 0 Å². The maximum absolute atomic E-state index is 14.5. The maximum Gasteiger partial charge on any atom is 0.259 e. The number of aromatic hydroxyl groups is 1. The molecule has 4 rings (SSSR count). The minimum atomic E-state index is -0.895. The lowest BCUT2D eigenvalue weighted by Gasteiger charge is -2.12. The van der Waals surface area contributed by atoms with Crippen molar-refractivity contribution in [3.05, 3.63) is 102 Å². The second kappa shape index (κ2) is 11.3. The van der Waals surface area contributed by atoms with Gasteiger partial charge in [0.15, 0.2) is 11.6 Å². The average Bonchev–Trinajstić information content (AvgIpc) is 2.90. The van der Waals surface area contributed by atoms with Gasteiger partial charge in [-0.05, 0) is 59.2 Å². The smallest absolute Gasteiger partial charge is 0.259 e. The highest BCUT2D eigenvalue weighted by Crippen LogP contribution is 2.31. The van der Waals surface area contributed by atoms with Gasteiger partial charge in [-0.15, -0.1) is 0 Å². The molecule has 36 heavy (non-hydrogen) atoms. The summed E-state index contributed by atoms with van der Waals surface area (Å²) in [6.07, 6.45) is 0.644. The van der Waals surface area contributed by atoms with Crippen molar-refractivity contribution in [2.75, 3.05) is 26.1 Å². The SMILES string of the molecule is COc1cccc(-c2cc(F)c(O)c(C(=O)Nc3cccc(OCCc4ccccc4OC)c3)c2)c1. The van der Waals surface area contributed by atoms with E-state index in [1.54, 1.807) is 55.6 Å². The third-order valence-corrected chi connectivity index (χ3v) is 5.64. The molecule has 0 aromatic heterocycles. The van der Waals surface area contributed by atoms with Gasteiger partial charge in [-0.1, -0.05) is 36.4 Å². The van der Waals surface area contributed by atoms with Crippen LogP contribution < -0.4 is 19.5 Å². The molecule has 0 unspecified atom stereocenters. The van der Waals surface area contributed by atoms with E-state index in [1.807, 2.05) is 24.3 Å². The van der Waals surface area contributed by atoms with Crippen molar-refractivity contribution in [1.29, 1.82) is 0 Å². The number of benzene rings is 4. The molecule has 1 amide bonds. The number of rotatable bonds is 9. The maximum atomic E-state index is 14.5. The molecule has 0 saturated carbocycles. The van der Waals surface area contributed by atoms with E-state index in [9.17, 15) is 14.3 Å². The molecule has 4 aromatic carbocycles. The van der Waals surface area contributed by atoms with Gasteiger partial charge in [0.25, 0.3) is 5.91 Å².